The van der Waals surface area contributed by atoms with Crippen molar-refractivity contribution in [1.29, 1.82) is 0 Å². The Labute approximate surface area is 115 Å². The van der Waals surface area contributed by atoms with E-state index in [2.05, 4.69) is 14.7 Å². The predicted octanol–water partition coefficient (Wildman–Crippen LogP) is 1.72. The van der Waals surface area contributed by atoms with E-state index in [1.54, 1.807) is 25.1 Å². The molecule has 0 fully saturated rings. The molecule has 0 aliphatic carbocycles. The van der Waals surface area contributed by atoms with Crippen LogP contribution in [0.1, 0.15) is 18.3 Å². The lowest BCUT2D eigenvalue weighted by Crippen LogP contribution is -2.22. The van der Waals surface area contributed by atoms with E-state index in [1.165, 1.54) is 0 Å². The highest BCUT2D eigenvalue weighted by Crippen LogP contribution is 2.19. The minimum Gasteiger partial charge on any atom is -0.458 e. The van der Waals surface area contributed by atoms with Crippen LogP contribution in [-0.2, 0) is 14.3 Å². The van der Waals surface area contributed by atoms with Gasteiger partial charge in [-0.2, -0.15) is 0 Å². The van der Waals surface area contributed by atoms with Gasteiger partial charge in [-0.25, -0.2) is 19.6 Å². The van der Waals surface area contributed by atoms with Crippen molar-refractivity contribution < 1.29 is 19.1 Å². The second-order valence-electron chi connectivity index (χ2n) is 4.15. The molecule has 0 unspecified atom stereocenters. The molecule has 2 rings (SSSR count). The summed E-state index contributed by atoms with van der Waals surface area (Å²) in [7, 11) is 0. The van der Waals surface area contributed by atoms with Gasteiger partial charge in [0.05, 0.1) is 29.0 Å². The first kappa shape index (κ1) is 13.9. The minimum atomic E-state index is -1.05. The predicted molar refractivity (Wildman–Crippen MR) is 71.3 cm³/mol. The lowest BCUT2D eigenvalue weighted by Gasteiger charge is -2.06. The first-order valence-electron chi connectivity index (χ1n) is 6.15. The highest BCUT2D eigenvalue weighted by atomic mass is 16.6. The standard InChI is InChI=1S/C14H14N2O4/c1-4-19-13(17)14(18)20-10-5-6-11-12(7-10)16-9(3)8(2)15-11/h5-7H,4H2,1-3H3. The van der Waals surface area contributed by atoms with Crippen molar-refractivity contribution in [3.63, 3.8) is 0 Å². The summed E-state index contributed by atoms with van der Waals surface area (Å²) in [5.41, 5.74) is 2.94. The highest BCUT2D eigenvalue weighted by Gasteiger charge is 2.17. The van der Waals surface area contributed by atoms with Crippen LogP contribution in [0.3, 0.4) is 0 Å². The van der Waals surface area contributed by atoms with Gasteiger partial charge in [-0.1, -0.05) is 0 Å². The zero-order chi connectivity index (χ0) is 14.7. The molecule has 0 amide bonds. The average Bonchev–Trinajstić information content (AvgIpc) is 2.40. The Balaban J connectivity index is 2.26. The van der Waals surface area contributed by atoms with Crippen LogP contribution in [0.15, 0.2) is 18.2 Å². The number of hydrogen-bond acceptors (Lipinski definition) is 6. The van der Waals surface area contributed by atoms with Gasteiger partial charge >= 0.3 is 11.9 Å². The normalized spacial score (nSPS) is 10.3. The summed E-state index contributed by atoms with van der Waals surface area (Å²) in [5.74, 6) is -1.84. The quantitative estimate of drug-likeness (QED) is 0.471. The Morgan fingerprint density at radius 2 is 1.70 bits per heavy atom. The van der Waals surface area contributed by atoms with Gasteiger partial charge in [0, 0.05) is 6.07 Å². The number of ether oxygens (including phenoxy) is 2. The third-order valence-corrected chi connectivity index (χ3v) is 2.70. The molecule has 20 heavy (non-hydrogen) atoms. The first-order valence-corrected chi connectivity index (χ1v) is 6.15. The smallest absolute Gasteiger partial charge is 0.422 e. The Morgan fingerprint density at radius 1 is 1.05 bits per heavy atom. The van der Waals surface area contributed by atoms with Gasteiger partial charge in [-0.05, 0) is 32.9 Å². The van der Waals surface area contributed by atoms with E-state index in [1.807, 2.05) is 13.8 Å². The van der Waals surface area contributed by atoms with Gasteiger partial charge in [-0.3, -0.25) is 0 Å². The zero-order valence-electron chi connectivity index (χ0n) is 11.5. The van der Waals surface area contributed by atoms with E-state index in [4.69, 9.17) is 4.74 Å². The molecule has 0 aliphatic heterocycles. The van der Waals surface area contributed by atoms with Gasteiger partial charge in [0.25, 0.3) is 0 Å². The molecule has 104 valence electrons. The number of fused-ring (bicyclic) bond motifs is 1. The number of aromatic nitrogens is 2. The molecule has 1 aromatic carbocycles. The number of carbonyl (C=O) groups excluding carboxylic acids is 2. The number of esters is 2. The maximum Gasteiger partial charge on any atom is 0.422 e. The van der Waals surface area contributed by atoms with Crippen LogP contribution in [0, 0.1) is 13.8 Å². The van der Waals surface area contributed by atoms with E-state index >= 15 is 0 Å². The number of carbonyl (C=O) groups is 2. The Morgan fingerprint density at radius 3 is 2.35 bits per heavy atom. The fraction of sp³-hybridized carbons (Fsp3) is 0.286. The average molecular weight is 274 g/mol. The molecule has 0 bridgehead atoms. The van der Waals surface area contributed by atoms with Gasteiger partial charge in [0.1, 0.15) is 5.75 Å². The van der Waals surface area contributed by atoms with Crippen LogP contribution in [0.2, 0.25) is 0 Å². The summed E-state index contributed by atoms with van der Waals surface area (Å²) in [4.78, 5) is 31.3. The largest absolute Gasteiger partial charge is 0.458 e. The van der Waals surface area contributed by atoms with Crippen LogP contribution in [0.5, 0.6) is 5.75 Å². The number of benzene rings is 1. The third kappa shape index (κ3) is 2.90. The molecule has 0 spiro atoms. The lowest BCUT2D eigenvalue weighted by atomic mass is 10.2. The summed E-state index contributed by atoms with van der Waals surface area (Å²) in [6.45, 7) is 5.45. The van der Waals surface area contributed by atoms with Crippen molar-refractivity contribution in [2.24, 2.45) is 0 Å². The topological polar surface area (TPSA) is 78.4 Å². The molecule has 0 N–H and O–H groups in total. The fourth-order valence-corrected chi connectivity index (χ4v) is 1.61. The van der Waals surface area contributed by atoms with E-state index in [-0.39, 0.29) is 12.4 Å². The molecule has 0 radical (unpaired) electrons. The summed E-state index contributed by atoms with van der Waals surface area (Å²) in [6, 6.07) is 4.80. The van der Waals surface area contributed by atoms with E-state index in [9.17, 15) is 9.59 Å². The van der Waals surface area contributed by atoms with Crippen LogP contribution >= 0.6 is 0 Å². The molecule has 6 heteroatoms. The molecule has 0 saturated carbocycles. The second kappa shape index (κ2) is 5.64. The molecule has 6 nitrogen and oxygen atoms in total. The number of nitrogens with zero attached hydrogens (tertiary/aromatic N) is 2. The third-order valence-electron chi connectivity index (χ3n) is 2.70. The Bertz CT molecular complexity index is 682. The molecule has 0 atom stereocenters. The second-order valence-corrected chi connectivity index (χ2v) is 4.15. The van der Waals surface area contributed by atoms with Gasteiger partial charge in [-0.15, -0.1) is 0 Å². The van der Waals surface area contributed by atoms with Crippen molar-refractivity contribution in [3.05, 3.63) is 29.6 Å². The van der Waals surface area contributed by atoms with Crippen molar-refractivity contribution in [2.45, 2.75) is 20.8 Å². The molecular weight excluding hydrogens is 260 g/mol. The van der Waals surface area contributed by atoms with Crippen LogP contribution in [0.25, 0.3) is 11.0 Å². The summed E-state index contributed by atoms with van der Waals surface area (Å²) < 4.78 is 9.48. The molecule has 1 aromatic heterocycles. The fourth-order valence-electron chi connectivity index (χ4n) is 1.61. The van der Waals surface area contributed by atoms with Crippen molar-refractivity contribution in [3.8, 4) is 5.75 Å². The van der Waals surface area contributed by atoms with E-state index in [0.29, 0.717) is 11.0 Å². The summed E-state index contributed by atoms with van der Waals surface area (Å²) in [6.07, 6.45) is 0. The van der Waals surface area contributed by atoms with Crippen molar-refractivity contribution in [2.75, 3.05) is 6.61 Å². The number of hydrogen-bond donors (Lipinski definition) is 0. The van der Waals surface area contributed by atoms with E-state index in [0.717, 1.165) is 11.4 Å². The zero-order valence-corrected chi connectivity index (χ0v) is 11.5. The van der Waals surface area contributed by atoms with Crippen molar-refractivity contribution >= 4 is 23.0 Å². The maximum absolute atomic E-state index is 11.4. The number of aryl methyl sites for hydroxylation is 2. The SMILES string of the molecule is CCOC(=O)C(=O)Oc1ccc2nc(C)c(C)nc2c1. The summed E-state index contributed by atoms with van der Waals surface area (Å²) in [5, 5.41) is 0. The number of rotatable bonds is 2. The van der Waals surface area contributed by atoms with Gasteiger partial charge in [0.2, 0.25) is 0 Å². The monoisotopic (exact) mass is 274 g/mol. The molecular formula is C14H14N2O4. The van der Waals surface area contributed by atoms with Crippen molar-refractivity contribution in [1.82, 2.24) is 9.97 Å². The van der Waals surface area contributed by atoms with E-state index < -0.39 is 11.9 Å². The Kier molecular flexibility index (Phi) is 3.93. The van der Waals surface area contributed by atoms with Crippen LogP contribution < -0.4 is 4.74 Å². The first-order chi connectivity index (χ1) is 9.51. The van der Waals surface area contributed by atoms with Gasteiger partial charge in [0.15, 0.2) is 0 Å². The Hall–Kier alpha value is -2.50. The van der Waals surface area contributed by atoms with Crippen LogP contribution in [0.4, 0.5) is 0 Å². The highest BCUT2D eigenvalue weighted by molar-refractivity contribution is 6.30. The molecule has 1 heterocycles. The molecule has 0 saturated heterocycles. The van der Waals surface area contributed by atoms with Crippen LogP contribution in [-0.4, -0.2) is 28.5 Å². The molecule has 0 aliphatic rings. The summed E-state index contributed by atoms with van der Waals surface area (Å²) >= 11 is 0. The minimum absolute atomic E-state index is 0.121. The molecule has 2 aromatic rings. The maximum atomic E-state index is 11.4. The lowest BCUT2D eigenvalue weighted by molar-refractivity contribution is -0.161. The van der Waals surface area contributed by atoms with Gasteiger partial charge < -0.3 is 9.47 Å².